The van der Waals surface area contributed by atoms with E-state index >= 15 is 0 Å². The Morgan fingerprint density at radius 2 is 1.87 bits per heavy atom. The zero-order valence-corrected chi connectivity index (χ0v) is 11.3. The molecule has 0 aromatic rings. The molecule has 0 aromatic heterocycles. The Morgan fingerprint density at radius 3 is 2.60 bits per heavy atom. The standard InChI is InChI=1S/C13H23BrO/c1-10-2-3-13(14)9-12(10)8-11-4-6-15-7-5-11/h10-13H,2-9H2,1H3. The molecule has 0 N–H and O–H groups in total. The van der Waals surface area contributed by atoms with Crippen molar-refractivity contribution in [2.75, 3.05) is 13.2 Å². The number of hydrogen-bond acceptors (Lipinski definition) is 1. The Bertz CT molecular complexity index is 189. The molecule has 2 heteroatoms. The Kier molecular flexibility index (Phi) is 4.51. The van der Waals surface area contributed by atoms with Crippen molar-refractivity contribution in [2.45, 2.75) is 50.3 Å². The summed E-state index contributed by atoms with van der Waals surface area (Å²) in [5.41, 5.74) is 0. The molecule has 0 spiro atoms. The van der Waals surface area contributed by atoms with Crippen LogP contribution in [0.3, 0.4) is 0 Å². The molecule has 1 nitrogen and oxygen atoms in total. The van der Waals surface area contributed by atoms with Gasteiger partial charge in [-0.15, -0.1) is 0 Å². The van der Waals surface area contributed by atoms with Gasteiger partial charge >= 0.3 is 0 Å². The Balaban J connectivity index is 1.80. The predicted octanol–water partition coefficient (Wildman–Crippen LogP) is 4.00. The molecular formula is C13H23BrO. The zero-order chi connectivity index (χ0) is 10.7. The van der Waals surface area contributed by atoms with Crippen LogP contribution in [0.15, 0.2) is 0 Å². The summed E-state index contributed by atoms with van der Waals surface area (Å²) in [4.78, 5) is 0.790. The van der Waals surface area contributed by atoms with E-state index < -0.39 is 0 Å². The van der Waals surface area contributed by atoms with E-state index in [-0.39, 0.29) is 0 Å². The van der Waals surface area contributed by atoms with Gasteiger partial charge in [-0.25, -0.2) is 0 Å². The van der Waals surface area contributed by atoms with Crippen LogP contribution in [0.2, 0.25) is 0 Å². The molecule has 0 radical (unpaired) electrons. The summed E-state index contributed by atoms with van der Waals surface area (Å²) in [5, 5.41) is 0. The second-order valence-electron chi connectivity index (χ2n) is 5.44. The molecule has 1 aliphatic carbocycles. The SMILES string of the molecule is CC1CCC(Br)CC1CC1CCOCC1. The fourth-order valence-corrected chi connectivity index (χ4v) is 3.84. The molecule has 2 rings (SSSR count). The van der Waals surface area contributed by atoms with Crippen LogP contribution >= 0.6 is 15.9 Å². The fourth-order valence-electron chi connectivity index (χ4n) is 3.10. The molecule has 88 valence electrons. The van der Waals surface area contributed by atoms with Gasteiger partial charge in [-0.2, -0.15) is 0 Å². The number of rotatable bonds is 2. The topological polar surface area (TPSA) is 9.23 Å². The molecule has 0 bridgehead atoms. The fraction of sp³-hybridized carbons (Fsp3) is 1.00. The highest BCUT2D eigenvalue weighted by Crippen LogP contribution is 2.38. The monoisotopic (exact) mass is 274 g/mol. The maximum Gasteiger partial charge on any atom is 0.0468 e. The Labute approximate surface area is 102 Å². The van der Waals surface area contributed by atoms with Crippen LogP contribution in [-0.2, 0) is 4.74 Å². The van der Waals surface area contributed by atoms with E-state index in [0.717, 1.165) is 35.8 Å². The third-order valence-corrected chi connectivity index (χ3v) is 5.11. The summed E-state index contributed by atoms with van der Waals surface area (Å²) in [6.45, 7) is 4.45. The molecule has 1 heterocycles. The highest BCUT2D eigenvalue weighted by Gasteiger charge is 2.28. The minimum atomic E-state index is 0.790. The first-order valence-corrected chi connectivity index (χ1v) is 7.39. The van der Waals surface area contributed by atoms with E-state index in [2.05, 4.69) is 22.9 Å². The average molecular weight is 275 g/mol. The lowest BCUT2D eigenvalue weighted by Crippen LogP contribution is -2.27. The predicted molar refractivity (Wildman–Crippen MR) is 67.4 cm³/mol. The van der Waals surface area contributed by atoms with Crippen molar-refractivity contribution >= 4 is 15.9 Å². The van der Waals surface area contributed by atoms with Crippen LogP contribution in [-0.4, -0.2) is 18.0 Å². The second-order valence-corrected chi connectivity index (χ2v) is 6.73. The van der Waals surface area contributed by atoms with Crippen LogP contribution in [0.1, 0.15) is 45.4 Å². The molecule has 3 atom stereocenters. The molecule has 1 saturated carbocycles. The van der Waals surface area contributed by atoms with Crippen molar-refractivity contribution < 1.29 is 4.74 Å². The highest BCUT2D eigenvalue weighted by atomic mass is 79.9. The van der Waals surface area contributed by atoms with E-state index in [4.69, 9.17) is 4.74 Å². The van der Waals surface area contributed by atoms with E-state index in [1.165, 1.54) is 38.5 Å². The normalized spacial score (nSPS) is 39.2. The smallest absolute Gasteiger partial charge is 0.0468 e. The van der Waals surface area contributed by atoms with E-state index in [1.807, 2.05) is 0 Å². The first kappa shape index (κ1) is 11.9. The first-order valence-electron chi connectivity index (χ1n) is 6.47. The summed E-state index contributed by atoms with van der Waals surface area (Å²) >= 11 is 3.80. The summed E-state index contributed by atoms with van der Waals surface area (Å²) in [6.07, 6.45) is 8.26. The van der Waals surface area contributed by atoms with Gasteiger partial charge in [-0.1, -0.05) is 22.9 Å². The first-order chi connectivity index (χ1) is 7.25. The quantitative estimate of drug-likeness (QED) is 0.692. The van der Waals surface area contributed by atoms with Gasteiger partial charge < -0.3 is 4.74 Å². The average Bonchev–Trinajstić information content (AvgIpc) is 2.25. The van der Waals surface area contributed by atoms with Gasteiger partial charge in [0.1, 0.15) is 0 Å². The summed E-state index contributed by atoms with van der Waals surface area (Å²) < 4.78 is 5.43. The zero-order valence-electron chi connectivity index (χ0n) is 9.75. The molecule has 1 aliphatic heterocycles. The van der Waals surface area contributed by atoms with Gasteiger partial charge in [0.15, 0.2) is 0 Å². The maximum atomic E-state index is 5.43. The van der Waals surface area contributed by atoms with Crippen molar-refractivity contribution in [3.05, 3.63) is 0 Å². The van der Waals surface area contributed by atoms with Crippen LogP contribution < -0.4 is 0 Å². The molecule has 1 saturated heterocycles. The van der Waals surface area contributed by atoms with Crippen LogP contribution in [0, 0.1) is 17.8 Å². The lowest BCUT2D eigenvalue weighted by atomic mass is 9.74. The third kappa shape index (κ3) is 3.45. The maximum absolute atomic E-state index is 5.43. The molecule has 0 amide bonds. The lowest BCUT2D eigenvalue weighted by molar-refractivity contribution is 0.0521. The van der Waals surface area contributed by atoms with Crippen molar-refractivity contribution in [2.24, 2.45) is 17.8 Å². The van der Waals surface area contributed by atoms with Crippen molar-refractivity contribution in [3.63, 3.8) is 0 Å². The molecule has 2 aliphatic rings. The minimum absolute atomic E-state index is 0.790. The van der Waals surface area contributed by atoms with Crippen molar-refractivity contribution in [1.29, 1.82) is 0 Å². The second kappa shape index (κ2) is 5.67. The van der Waals surface area contributed by atoms with E-state index in [0.29, 0.717) is 0 Å². The van der Waals surface area contributed by atoms with E-state index in [1.54, 1.807) is 0 Å². The van der Waals surface area contributed by atoms with Gasteiger partial charge in [-0.05, 0) is 56.3 Å². The molecule has 15 heavy (non-hydrogen) atoms. The molecule has 0 aromatic carbocycles. The molecular weight excluding hydrogens is 252 g/mol. The van der Waals surface area contributed by atoms with Crippen LogP contribution in [0.25, 0.3) is 0 Å². The van der Waals surface area contributed by atoms with Gasteiger partial charge in [-0.3, -0.25) is 0 Å². The minimum Gasteiger partial charge on any atom is -0.381 e. The highest BCUT2D eigenvalue weighted by molar-refractivity contribution is 9.09. The third-order valence-electron chi connectivity index (χ3n) is 4.28. The van der Waals surface area contributed by atoms with E-state index in [9.17, 15) is 0 Å². The number of alkyl halides is 1. The Morgan fingerprint density at radius 1 is 1.13 bits per heavy atom. The van der Waals surface area contributed by atoms with Crippen LogP contribution in [0.4, 0.5) is 0 Å². The van der Waals surface area contributed by atoms with Crippen molar-refractivity contribution in [3.8, 4) is 0 Å². The van der Waals surface area contributed by atoms with Gasteiger partial charge in [0.05, 0.1) is 0 Å². The summed E-state index contributed by atoms with van der Waals surface area (Å²) in [7, 11) is 0. The van der Waals surface area contributed by atoms with Crippen molar-refractivity contribution in [1.82, 2.24) is 0 Å². The van der Waals surface area contributed by atoms with Crippen LogP contribution in [0.5, 0.6) is 0 Å². The van der Waals surface area contributed by atoms with Gasteiger partial charge in [0, 0.05) is 18.0 Å². The molecule has 2 fully saturated rings. The number of hydrogen-bond donors (Lipinski definition) is 0. The number of ether oxygens (including phenoxy) is 1. The number of halogens is 1. The van der Waals surface area contributed by atoms with Gasteiger partial charge in [0.25, 0.3) is 0 Å². The summed E-state index contributed by atoms with van der Waals surface area (Å²) in [6, 6.07) is 0. The van der Waals surface area contributed by atoms with Gasteiger partial charge in [0.2, 0.25) is 0 Å². The lowest BCUT2D eigenvalue weighted by Gasteiger charge is -2.35. The Hall–Kier alpha value is 0.440. The summed E-state index contributed by atoms with van der Waals surface area (Å²) in [5.74, 6) is 2.86. The largest absolute Gasteiger partial charge is 0.381 e. The molecule has 3 unspecified atom stereocenters.